The lowest BCUT2D eigenvalue weighted by Gasteiger charge is -2.26. The van der Waals surface area contributed by atoms with Gasteiger partial charge in [0.25, 0.3) is 5.91 Å². The lowest BCUT2D eigenvalue weighted by atomic mass is 9.93. The lowest BCUT2D eigenvalue weighted by Crippen LogP contribution is -2.30. The second-order valence-electron chi connectivity index (χ2n) is 7.50. The van der Waals surface area contributed by atoms with Crippen molar-refractivity contribution in [1.82, 2.24) is 9.88 Å². The van der Waals surface area contributed by atoms with Crippen LogP contribution in [0.5, 0.6) is 0 Å². The van der Waals surface area contributed by atoms with Crippen molar-refractivity contribution in [3.63, 3.8) is 0 Å². The molecule has 1 aliphatic heterocycles. The fraction of sp³-hybridized carbons (Fsp3) is 0.160. The Bertz CT molecular complexity index is 1210. The normalized spacial score (nSPS) is 15.9. The lowest BCUT2D eigenvalue weighted by molar-refractivity contribution is 0.0762. The molecule has 0 spiro atoms. The van der Waals surface area contributed by atoms with Gasteiger partial charge < -0.3 is 9.88 Å². The number of aryl methyl sites for hydroxylation is 1. The molecular weight excluding hydrogens is 380 g/mol. The molecule has 0 saturated carbocycles. The van der Waals surface area contributed by atoms with Gasteiger partial charge in [-0.2, -0.15) is 0 Å². The van der Waals surface area contributed by atoms with Crippen molar-refractivity contribution in [2.24, 2.45) is 0 Å². The van der Waals surface area contributed by atoms with Crippen LogP contribution in [0.4, 0.5) is 0 Å². The van der Waals surface area contributed by atoms with Crippen LogP contribution in [-0.4, -0.2) is 28.2 Å². The maximum absolute atomic E-state index is 13.2. The summed E-state index contributed by atoms with van der Waals surface area (Å²) in [4.78, 5) is 18.7. The molecular formula is C25H21ClN2O. The predicted octanol–water partition coefficient (Wildman–Crippen LogP) is 5.93. The number of halogens is 1. The number of alkyl halides is 1. The molecule has 4 aromatic rings. The molecule has 5 rings (SSSR count). The summed E-state index contributed by atoms with van der Waals surface area (Å²) in [6.07, 6.45) is 0. The Hall–Kier alpha value is -3.04. The highest BCUT2D eigenvalue weighted by Gasteiger charge is 2.39. The Morgan fingerprint density at radius 3 is 2.48 bits per heavy atom. The molecule has 4 heteroatoms. The number of aromatic amines is 1. The smallest absolute Gasteiger partial charge is 0.255 e. The second-order valence-corrected chi connectivity index (χ2v) is 7.88. The molecule has 1 aliphatic rings. The summed E-state index contributed by atoms with van der Waals surface area (Å²) >= 11 is 6.11. The van der Waals surface area contributed by atoms with E-state index in [2.05, 4.69) is 54.4 Å². The predicted molar refractivity (Wildman–Crippen MR) is 119 cm³/mol. The fourth-order valence-electron chi connectivity index (χ4n) is 4.40. The second kappa shape index (κ2) is 7.09. The SMILES string of the molecule is Cc1ccc(-c2[nH]c3ccccc3c2C2c3ccccc3C(=O)N2CCCl)cc1. The summed E-state index contributed by atoms with van der Waals surface area (Å²) in [7, 11) is 0. The van der Waals surface area contributed by atoms with Gasteiger partial charge in [0, 0.05) is 34.5 Å². The van der Waals surface area contributed by atoms with Crippen LogP contribution < -0.4 is 0 Å². The number of carbonyl (C=O) groups excluding carboxylic acids is 1. The van der Waals surface area contributed by atoms with Gasteiger partial charge in [-0.1, -0.05) is 66.2 Å². The molecule has 1 amide bonds. The van der Waals surface area contributed by atoms with E-state index in [1.807, 2.05) is 35.2 Å². The highest BCUT2D eigenvalue weighted by molar-refractivity contribution is 6.18. The van der Waals surface area contributed by atoms with Gasteiger partial charge in [-0.05, 0) is 30.2 Å². The van der Waals surface area contributed by atoms with Crippen LogP contribution in [0, 0.1) is 6.92 Å². The van der Waals surface area contributed by atoms with Crippen LogP contribution in [0.15, 0.2) is 72.8 Å². The maximum atomic E-state index is 13.2. The van der Waals surface area contributed by atoms with Gasteiger partial charge in [-0.25, -0.2) is 0 Å². The molecule has 144 valence electrons. The van der Waals surface area contributed by atoms with E-state index in [-0.39, 0.29) is 11.9 Å². The molecule has 1 unspecified atom stereocenters. The molecule has 1 atom stereocenters. The number of hydrogen-bond acceptors (Lipinski definition) is 1. The number of fused-ring (bicyclic) bond motifs is 2. The van der Waals surface area contributed by atoms with Crippen molar-refractivity contribution in [1.29, 1.82) is 0 Å². The number of H-pyrrole nitrogens is 1. The minimum Gasteiger partial charge on any atom is -0.354 e. The monoisotopic (exact) mass is 400 g/mol. The average molecular weight is 401 g/mol. The summed E-state index contributed by atoms with van der Waals surface area (Å²) in [6.45, 7) is 2.59. The highest BCUT2D eigenvalue weighted by Crippen LogP contribution is 2.45. The van der Waals surface area contributed by atoms with Gasteiger partial charge >= 0.3 is 0 Å². The molecule has 1 N–H and O–H groups in total. The molecule has 29 heavy (non-hydrogen) atoms. The van der Waals surface area contributed by atoms with Crippen molar-refractivity contribution >= 4 is 28.4 Å². The van der Waals surface area contributed by atoms with Gasteiger partial charge in [-0.3, -0.25) is 4.79 Å². The fourth-order valence-corrected chi connectivity index (χ4v) is 4.58. The number of benzene rings is 3. The van der Waals surface area contributed by atoms with Crippen LogP contribution in [0.1, 0.15) is 33.1 Å². The average Bonchev–Trinajstić information content (AvgIpc) is 3.25. The first-order valence-electron chi connectivity index (χ1n) is 9.82. The van der Waals surface area contributed by atoms with E-state index in [4.69, 9.17) is 11.6 Å². The Morgan fingerprint density at radius 2 is 1.69 bits per heavy atom. The Kier molecular flexibility index (Phi) is 4.40. The number of carbonyl (C=O) groups is 1. The third-order valence-corrected chi connectivity index (χ3v) is 5.91. The van der Waals surface area contributed by atoms with E-state index < -0.39 is 0 Å². The van der Waals surface area contributed by atoms with Gasteiger partial charge in [0.05, 0.1) is 11.7 Å². The summed E-state index contributed by atoms with van der Waals surface area (Å²) in [6, 6.07) is 24.6. The minimum atomic E-state index is -0.162. The van der Waals surface area contributed by atoms with Gasteiger partial charge in [0.15, 0.2) is 0 Å². The molecule has 1 aromatic heterocycles. The van der Waals surface area contributed by atoms with Crippen LogP contribution in [0.25, 0.3) is 22.2 Å². The van der Waals surface area contributed by atoms with Crippen LogP contribution in [0.3, 0.4) is 0 Å². The standard InChI is InChI=1S/C25H21ClN2O/c1-16-10-12-17(13-11-16)23-22(20-8-4-5-9-21(20)27-23)24-18-6-2-3-7-19(18)25(29)28(24)15-14-26/h2-13,24,27H,14-15H2,1H3. The van der Waals surface area contributed by atoms with Crippen molar-refractivity contribution in [2.45, 2.75) is 13.0 Å². The maximum Gasteiger partial charge on any atom is 0.255 e. The number of nitrogens with zero attached hydrogens (tertiary/aromatic N) is 1. The third-order valence-electron chi connectivity index (χ3n) is 5.74. The molecule has 0 aliphatic carbocycles. The summed E-state index contributed by atoms with van der Waals surface area (Å²) in [5.74, 6) is 0.449. The highest BCUT2D eigenvalue weighted by atomic mass is 35.5. The molecule has 3 aromatic carbocycles. The third kappa shape index (κ3) is 2.85. The molecule has 0 saturated heterocycles. The van der Waals surface area contributed by atoms with Gasteiger partial charge in [0.1, 0.15) is 0 Å². The largest absolute Gasteiger partial charge is 0.354 e. The zero-order chi connectivity index (χ0) is 20.0. The Balaban J connectivity index is 1.80. The zero-order valence-corrected chi connectivity index (χ0v) is 16.9. The van der Waals surface area contributed by atoms with Crippen molar-refractivity contribution in [3.05, 3.63) is 95.1 Å². The van der Waals surface area contributed by atoms with Crippen LogP contribution >= 0.6 is 11.6 Å². The van der Waals surface area contributed by atoms with Crippen LogP contribution in [-0.2, 0) is 0 Å². The molecule has 2 heterocycles. The summed E-state index contributed by atoms with van der Waals surface area (Å²) < 4.78 is 0. The zero-order valence-electron chi connectivity index (χ0n) is 16.2. The van der Waals surface area contributed by atoms with E-state index in [0.717, 1.165) is 38.9 Å². The number of rotatable bonds is 4. The Morgan fingerprint density at radius 1 is 0.966 bits per heavy atom. The van der Waals surface area contributed by atoms with Gasteiger partial charge in [-0.15, -0.1) is 11.6 Å². The van der Waals surface area contributed by atoms with E-state index in [9.17, 15) is 4.79 Å². The first kappa shape index (κ1) is 18.0. The first-order chi connectivity index (χ1) is 14.2. The first-order valence-corrected chi connectivity index (χ1v) is 10.4. The van der Waals surface area contributed by atoms with E-state index in [1.165, 1.54) is 5.56 Å². The summed E-state index contributed by atoms with van der Waals surface area (Å²) in [5, 5.41) is 1.14. The van der Waals surface area contributed by atoms with Crippen molar-refractivity contribution < 1.29 is 4.79 Å². The molecule has 0 bridgehead atoms. The Labute approximate surface area is 174 Å². The van der Waals surface area contributed by atoms with E-state index in [1.54, 1.807) is 0 Å². The number of aromatic nitrogens is 1. The number of para-hydroxylation sites is 1. The van der Waals surface area contributed by atoms with Crippen molar-refractivity contribution in [3.8, 4) is 11.3 Å². The topological polar surface area (TPSA) is 36.1 Å². The van der Waals surface area contributed by atoms with E-state index >= 15 is 0 Å². The molecule has 3 nitrogen and oxygen atoms in total. The molecule has 0 radical (unpaired) electrons. The van der Waals surface area contributed by atoms with Crippen LogP contribution in [0.2, 0.25) is 0 Å². The summed E-state index contributed by atoms with van der Waals surface area (Å²) in [5.41, 5.74) is 7.40. The van der Waals surface area contributed by atoms with Crippen molar-refractivity contribution in [2.75, 3.05) is 12.4 Å². The molecule has 0 fully saturated rings. The quantitative estimate of drug-likeness (QED) is 0.423. The van der Waals surface area contributed by atoms with Gasteiger partial charge in [0.2, 0.25) is 0 Å². The minimum absolute atomic E-state index is 0.0476. The number of hydrogen-bond donors (Lipinski definition) is 1. The number of nitrogens with one attached hydrogen (secondary N) is 1. The van der Waals surface area contributed by atoms with E-state index in [0.29, 0.717) is 12.4 Å². The number of amides is 1.